The smallest absolute Gasteiger partial charge is 0.257 e. The lowest BCUT2D eigenvalue weighted by Crippen LogP contribution is -2.42. The third-order valence-electron chi connectivity index (χ3n) is 4.50. The Hall–Kier alpha value is -2.29. The summed E-state index contributed by atoms with van der Waals surface area (Å²) in [5, 5.41) is 9.51. The molecule has 0 radical (unpaired) electrons. The van der Waals surface area contributed by atoms with E-state index in [2.05, 4.69) is 54.1 Å². The van der Waals surface area contributed by atoms with Crippen LogP contribution in [0.25, 0.3) is 0 Å². The molecular weight excluding hydrogens is 503 g/mol. The lowest BCUT2D eigenvalue weighted by Gasteiger charge is -2.18. The van der Waals surface area contributed by atoms with E-state index in [0.29, 0.717) is 24.9 Å². The zero-order valence-corrected chi connectivity index (χ0v) is 21.0. The highest BCUT2D eigenvalue weighted by Crippen LogP contribution is 2.14. The molecule has 1 unspecified atom stereocenters. The molecule has 0 heterocycles. The second kappa shape index (κ2) is 15.5. The monoisotopic (exact) mass is 538 g/mol. The van der Waals surface area contributed by atoms with E-state index >= 15 is 0 Å². The molecule has 6 nitrogen and oxygen atoms in total. The minimum absolute atomic E-state index is 0. The van der Waals surface area contributed by atoms with Crippen molar-refractivity contribution in [1.82, 2.24) is 16.0 Å². The zero-order chi connectivity index (χ0) is 21.6. The molecule has 0 fully saturated rings. The molecular formula is C24H35IN4O2. The first-order chi connectivity index (χ1) is 14.6. The number of rotatable bonds is 11. The zero-order valence-electron chi connectivity index (χ0n) is 18.7. The van der Waals surface area contributed by atoms with Crippen molar-refractivity contribution in [3.8, 4) is 5.75 Å². The predicted octanol–water partition coefficient (Wildman–Crippen LogP) is 3.90. The van der Waals surface area contributed by atoms with Gasteiger partial charge >= 0.3 is 0 Å². The lowest BCUT2D eigenvalue weighted by atomic mass is 10.1. The Balaban J connectivity index is 0.00000480. The maximum atomic E-state index is 11.6. The van der Waals surface area contributed by atoms with Gasteiger partial charge in [0.15, 0.2) is 12.6 Å². The highest BCUT2D eigenvalue weighted by Gasteiger charge is 2.06. The number of ether oxygens (including phenoxy) is 1. The molecule has 2 aromatic rings. The Morgan fingerprint density at radius 2 is 1.71 bits per heavy atom. The molecule has 0 spiro atoms. The van der Waals surface area contributed by atoms with Crippen LogP contribution in [0.15, 0.2) is 59.6 Å². The third-order valence-corrected chi connectivity index (χ3v) is 4.50. The number of guanidine groups is 1. The number of nitrogens with one attached hydrogen (secondary N) is 3. The second-order valence-corrected chi connectivity index (χ2v) is 7.15. The average Bonchev–Trinajstić information content (AvgIpc) is 2.76. The van der Waals surface area contributed by atoms with E-state index in [9.17, 15) is 4.79 Å². The summed E-state index contributed by atoms with van der Waals surface area (Å²) < 4.78 is 5.56. The van der Waals surface area contributed by atoms with Gasteiger partial charge in [-0.3, -0.25) is 4.79 Å². The van der Waals surface area contributed by atoms with Gasteiger partial charge in [0.2, 0.25) is 0 Å². The van der Waals surface area contributed by atoms with Gasteiger partial charge in [-0.25, -0.2) is 4.99 Å². The minimum atomic E-state index is -0.121. The quantitative estimate of drug-likeness (QED) is 0.231. The number of amides is 1. The van der Waals surface area contributed by atoms with Gasteiger partial charge in [-0.1, -0.05) is 42.5 Å². The number of aryl methyl sites for hydroxylation is 1. The number of carbonyl (C=O) groups is 1. The maximum Gasteiger partial charge on any atom is 0.257 e. The number of hydrogen-bond donors (Lipinski definition) is 3. The van der Waals surface area contributed by atoms with Crippen LogP contribution in [-0.4, -0.2) is 37.6 Å². The number of hydrogen-bond acceptors (Lipinski definition) is 3. The summed E-state index contributed by atoms with van der Waals surface area (Å²) in [4.78, 5) is 16.3. The van der Waals surface area contributed by atoms with Gasteiger partial charge in [0.1, 0.15) is 5.75 Å². The van der Waals surface area contributed by atoms with E-state index in [1.165, 1.54) is 5.56 Å². The fraction of sp³-hybridized carbons (Fsp3) is 0.417. The molecule has 1 atom stereocenters. The molecule has 0 aliphatic carbocycles. The van der Waals surface area contributed by atoms with Crippen LogP contribution in [-0.2, 0) is 17.8 Å². The van der Waals surface area contributed by atoms with Crippen LogP contribution in [0.4, 0.5) is 0 Å². The Morgan fingerprint density at radius 3 is 2.42 bits per heavy atom. The molecule has 0 bridgehead atoms. The Bertz CT molecular complexity index is 799. The number of benzene rings is 2. The van der Waals surface area contributed by atoms with Crippen molar-refractivity contribution in [3.63, 3.8) is 0 Å². The van der Waals surface area contributed by atoms with Crippen molar-refractivity contribution >= 4 is 35.8 Å². The van der Waals surface area contributed by atoms with Crippen molar-refractivity contribution in [2.45, 2.75) is 46.2 Å². The van der Waals surface area contributed by atoms with Crippen LogP contribution in [0.3, 0.4) is 0 Å². The van der Waals surface area contributed by atoms with Gasteiger partial charge < -0.3 is 20.7 Å². The van der Waals surface area contributed by atoms with Crippen LogP contribution < -0.4 is 20.7 Å². The predicted molar refractivity (Wildman–Crippen MR) is 138 cm³/mol. The average molecular weight is 538 g/mol. The molecule has 0 saturated heterocycles. The third kappa shape index (κ3) is 11.1. The first kappa shape index (κ1) is 26.7. The number of halogens is 1. The summed E-state index contributed by atoms with van der Waals surface area (Å²) in [6, 6.07) is 18.5. The number of likely N-dealkylation sites (N-methyl/N-ethyl adjacent to an activating group) is 1. The molecule has 7 heteroatoms. The second-order valence-electron chi connectivity index (χ2n) is 7.15. The van der Waals surface area contributed by atoms with Crippen LogP contribution in [0.5, 0.6) is 5.75 Å². The fourth-order valence-electron chi connectivity index (χ4n) is 2.95. The first-order valence-corrected chi connectivity index (χ1v) is 10.7. The van der Waals surface area contributed by atoms with E-state index in [1.54, 1.807) is 0 Å². The number of aliphatic imine (C=N–C) groups is 1. The molecule has 0 saturated carbocycles. The molecule has 0 aliphatic heterocycles. The van der Waals surface area contributed by atoms with Crippen LogP contribution in [0.2, 0.25) is 0 Å². The van der Waals surface area contributed by atoms with E-state index in [0.717, 1.165) is 30.9 Å². The molecule has 31 heavy (non-hydrogen) atoms. The van der Waals surface area contributed by atoms with Crippen molar-refractivity contribution in [2.24, 2.45) is 4.99 Å². The fourth-order valence-corrected chi connectivity index (χ4v) is 2.95. The first-order valence-electron chi connectivity index (χ1n) is 10.7. The summed E-state index contributed by atoms with van der Waals surface area (Å²) in [5.41, 5.74) is 2.37. The van der Waals surface area contributed by atoms with Gasteiger partial charge in [-0.2, -0.15) is 0 Å². The van der Waals surface area contributed by atoms with Gasteiger partial charge in [0.05, 0.1) is 6.54 Å². The Kier molecular flexibility index (Phi) is 13.4. The van der Waals surface area contributed by atoms with E-state index in [1.807, 2.05) is 37.3 Å². The van der Waals surface area contributed by atoms with E-state index in [4.69, 9.17) is 9.73 Å². The molecule has 0 aromatic heterocycles. The lowest BCUT2D eigenvalue weighted by molar-refractivity contribution is -0.122. The SMILES string of the molecule is CCNC(=O)COc1cccc(CN=C(NCC)NC(C)CCc2ccccc2)c1.I. The largest absolute Gasteiger partial charge is 0.484 e. The molecule has 2 rings (SSSR count). The summed E-state index contributed by atoms with van der Waals surface area (Å²) >= 11 is 0. The van der Waals surface area contributed by atoms with Gasteiger partial charge in [-0.05, 0) is 56.9 Å². The van der Waals surface area contributed by atoms with Crippen molar-refractivity contribution in [3.05, 3.63) is 65.7 Å². The summed E-state index contributed by atoms with van der Waals surface area (Å²) in [6.45, 7) is 8.05. The topological polar surface area (TPSA) is 74.8 Å². The van der Waals surface area contributed by atoms with E-state index < -0.39 is 0 Å². The Labute approximate surface area is 203 Å². The van der Waals surface area contributed by atoms with E-state index in [-0.39, 0.29) is 36.5 Å². The Morgan fingerprint density at radius 1 is 1.00 bits per heavy atom. The number of nitrogens with zero attached hydrogens (tertiary/aromatic N) is 1. The summed E-state index contributed by atoms with van der Waals surface area (Å²) in [6.07, 6.45) is 2.05. The minimum Gasteiger partial charge on any atom is -0.484 e. The molecule has 2 aromatic carbocycles. The van der Waals surface area contributed by atoms with Crippen LogP contribution >= 0.6 is 24.0 Å². The standard InChI is InChI=1S/C24H34N4O2.HI/c1-4-25-23(29)18-30-22-13-9-12-21(16-22)17-27-24(26-5-2)28-19(3)14-15-20-10-7-6-8-11-20;/h6-13,16,19H,4-5,14-15,17-18H2,1-3H3,(H,25,29)(H2,26,27,28);1H. The van der Waals surface area contributed by atoms with Crippen molar-refractivity contribution < 1.29 is 9.53 Å². The van der Waals surface area contributed by atoms with Crippen molar-refractivity contribution in [2.75, 3.05) is 19.7 Å². The van der Waals surface area contributed by atoms with Crippen LogP contribution in [0, 0.1) is 0 Å². The number of carbonyl (C=O) groups excluding carboxylic acids is 1. The molecule has 3 N–H and O–H groups in total. The van der Waals surface area contributed by atoms with Crippen molar-refractivity contribution in [1.29, 1.82) is 0 Å². The van der Waals surface area contributed by atoms with Gasteiger partial charge in [0.25, 0.3) is 5.91 Å². The summed E-state index contributed by atoms with van der Waals surface area (Å²) in [5.74, 6) is 1.35. The molecule has 0 aliphatic rings. The highest BCUT2D eigenvalue weighted by molar-refractivity contribution is 14.0. The normalized spacial score (nSPS) is 11.8. The summed E-state index contributed by atoms with van der Waals surface area (Å²) in [7, 11) is 0. The molecule has 170 valence electrons. The highest BCUT2D eigenvalue weighted by atomic mass is 127. The maximum absolute atomic E-state index is 11.6. The van der Waals surface area contributed by atoms with Gasteiger partial charge in [-0.15, -0.1) is 24.0 Å². The van der Waals surface area contributed by atoms with Crippen LogP contribution in [0.1, 0.15) is 38.3 Å². The van der Waals surface area contributed by atoms with Gasteiger partial charge in [0, 0.05) is 19.1 Å². The molecule has 1 amide bonds.